The van der Waals surface area contributed by atoms with Gasteiger partial charge in [-0.2, -0.15) is 0 Å². The van der Waals surface area contributed by atoms with Crippen LogP contribution in [-0.2, 0) is 4.79 Å². The SMILES string of the molecule is CCCCCC(=O)Nc1ccccc1.[KH]. The zero-order valence-electron chi connectivity index (χ0n) is 8.62. The van der Waals surface area contributed by atoms with Crippen molar-refractivity contribution in [2.45, 2.75) is 32.6 Å². The van der Waals surface area contributed by atoms with E-state index in [2.05, 4.69) is 12.2 Å². The van der Waals surface area contributed by atoms with Crippen LogP contribution in [0.5, 0.6) is 0 Å². The van der Waals surface area contributed by atoms with Gasteiger partial charge in [0.15, 0.2) is 0 Å². The van der Waals surface area contributed by atoms with Gasteiger partial charge in [-0.25, -0.2) is 0 Å². The number of carbonyl (C=O) groups excluding carboxylic acids is 1. The summed E-state index contributed by atoms with van der Waals surface area (Å²) in [6, 6.07) is 9.57. The molecule has 3 heteroatoms. The molecule has 15 heavy (non-hydrogen) atoms. The van der Waals surface area contributed by atoms with E-state index in [-0.39, 0.29) is 57.3 Å². The van der Waals surface area contributed by atoms with Gasteiger partial charge in [-0.15, -0.1) is 0 Å². The molecule has 0 atom stereocenters. The van der Waals surface area contributed by atoms with Crippen LogP contribution in [0.1, 0.15) is 32.6 Å². The second kappa shape index (κ2) is 9.55. The number of rotatable bonds is 5. The Morgan fingerprint density at radius 2 is 1.87 bits per heavy atom. The first kappa shape index (κ1) is 15.3. The summed E-state index contributed by atoms with van der Waals surface area (Å²) in [5.74, 6) is 0.115. The summed E-state index contributed by atoms with van der Waals surface area (Å²) in [5.41, 5.74) is 0.883. The van der Waals surface area contributed by atoms with E-state index in [1.807, 2.05) is 30.3 Å². The molecule has 0 aliphatic rings. The monoisotopic (exact) mass is 231 g/mol. The van der Waals surface area contributed by atoms with Gasteiger partial charge in [0.1, 0.15) is 0 Å². The molecule has 0 unspecified atom stereocenters. The predicted molar refractivity (Wildman–Crippen MR) is 66.4 cm³/mol. The summed E-state index contributed by atoms with van der Waals surface area (Å²) >= 11 is 0. The maximum absolute atomic E-state index is 11.4. The van der Waals surface area contributed by atoms with E-state index in [1.54, 1.807) is 0 Å². The summed E-state index contributed by atoms with van der Waals surface area (Å²) < 4.78 is 0. The molecule has 1 aromatic carbocycles. The van der Waals surface area contributed by atoms with Crippen molar-refractivity contribution >= 4 is 63.0 Å². The average Bonchev–Trinajstić information content (AvgIpc) is 2.20. The molecule has 2 nitrogen and oxygen atoms in total. The van der Waals surface area contributed by atoms with Gasteiger partial charge in [-0.1, -0.05) is 38.0 Å². The summed E-state index contributed by atoms with van der Waals surface area (Å²) in [6.07, 6.45) is 3.89. The Hall–Kier alpha value is 0.326. The van der Waals surface area contributed by atoms with Crippen molar-refractivity contribution in [3.8, 4) is 0 Å². The van der Waals surface area contributed by atoms with Crippen LogP contribution >= 0.6 is 0 Å². The maximum atomic E-state index is 11.4. The molecule has 0 saturated heterocycles. The van der Waals surface area contributed by atoms with Crippen molar-refractivity contribution in [2.75, 3.05) is 5.32 Å². The van der Waals surface area contributed by atoms with Crippen molar-refractivity contribution in [3.63, 3.8) is 0 Å². The number of hydrogen-bond acceptors (Lipinski definition) is 1. The van der Waals surface area contributed by atoms with Gasteiger partial charge in [0.05, 0.1) is 0 Å². The second-order valence-electron chi connectivity index (χ2n) is 3.37. The van der Waals surface area contributed by atoms with E-state index in [1.165, 1.54) is 0 Å². The number of para-hydroxylation sites is 1. The van der Waals surface area contributed by atoms with E-state index >= 15 is 0 Å². The van der Waals surface area contributed by atoms with Gasteiger partial charge in [0, 0.05) is 12.1 Å². The van der Waals surface area contributed by atoms with Gasteiger partial charge in [0.2, 0.25) is 5.91 Å². The standard InChI is InChI=1S/C12H17NO.K.H/c1-2-3-5-10-12(14)13-11-8-6-4-7-9-11;;/h4,6-9H,2-3,5,10H2,1H3,(H,13,14);;. The second-order valence-corrected chi connectivity index (χ2v) is 3.37. The third-order valence-electron chi connectivity index (χ3n) is 2.06. The van der Waals surface area contributed by atoms with Crippen molar-refractivity contribution in [2.24, 2.45) is 0 Å². The van der Waals surface area contributed by atoms with Crippen molar-refractivity contribution in [1.82, 2.24) is 0 Å². The Balaban J connectivity index is 0.00000196. The Bertz CT molecular complexity index is 274. The van der Waals surface area contributed by atoms with E-state index in [9.17, 15) is 4.79 Å². The van der Waals surface area contributed by atoms with Crippen LogP contribution in [0, 0.1) is 0 Å². The molecule has 1 rings (SSSR count). The quantitative estimate of drug-likeness (QED) is 0.612. The minimum atomic E-state index is 0. The van der Waals surface area contributed by atoms with Crippen LogP contribution in [0.4, 0.5) is 5.69 Å². The normalized spacial score (nSPS) is 9.13. The van der Waals surface area contributed by atoms with E-state index in [0.29, 0.717) is 6.42 Å². The first-order chi connectivity index (χ1) is 6.83. The number of hydrogen-bond donors (Lipinski definition) is 1. The summed E-state index contributed by atoms with van der Waals surface area (Å²) in [6.45, 7) is 2.13. The first-order valence-corrected chi connectivity index (χ1v) is 5.18. The van der Waals surface area contributed by atoms with Crippen LogP contribution in [-0.4, -0.2) is 57.3 Å². The number of carbonyl (C=O) groups is 1. The zero-order chi connectivity index (χ0) is 10.2. The molecule has 1 amide bonds. The molecule has 0 saturated carbocycles. The van der Waals surface area contributed by atoms with Crippen molar-refractivity contribution < 1.29 is 4.79 Å². The molecule has 78 valence electrons. The molecular weight excluding hydrogens is 213 g/mol. The summed E-state index contributed by atoms with van der Waals surface area (Å²) in [5, 5.41) is 2.86. The Labute approximate surface area is 134 Å². The molecule has 0 spiro atoms. The molecule has 0 aliphatic carbocycles. The molecule has 1 aromatic rings. The van der Waals surface area contributed by atoms with Crippen LogP contribution in [0.15, 0.2) is 30.3 Å². The van der Waals surface area contributed by atoms with Gasteiger partial charge in [0.25, 0.3) is 0 Å². The fourth-order valence-corrected chi connectivity index (χ4v) is 1.28. The Kier molecular flexibility index (Phi) is 9.75. The summed E-state index contributed by atoms with van der Waals surface area (Å²) in [7, 11) is 0. The number of unbranched alkanes of at least 4 members (excludes halogenated alkanes) is 2. The van der Waals surface area contributed by atoms with Gasteiger partial charge in [-0.3, -0.25) is 4.79 Å². The number of benzene rings is 1. The van der Waals surface area contributed by atoms with Gasteiger partial charge < -0.3 is 5.32 Å². The van der Waals surface area contributed by atoms with Crippen molar-refractivity contribution in [1.29, 1.82) is 0 Å². The van der Waals surface area contributed by atoms with Crippen LogP contribution in [0.2, 0.25) is 0 Å². The van der Waals surface area contributed by atoms with Crippen LogP contribution in [0.25, 0.3) is 0 Å². The number of nitrogens with one attached hydrogen (secondary N) is 1. The minimum absolute atomic E-state index is 0. The first-order valence-electron chi connectivity index (χ1n) is 5.18. The summed E-state index contributed by atoms with van der Waals surface area (Å²) in [4.78, 5) is 11.4. The molecule has 0 fully saturated rings. The van der Waals surface area contributed by atoms with E-state index in [4.69, 9.17) is 0 Å². The number of amides is 1. The van der Waals surface area contributed by atoms with E-state index < -0.39 is 0 Å². The molecule has 0 aromatic heterocycles. The number of anilines is 1. The predicted octanol–water partition coefficient (Wildman–Crippen LogP) is 2.56. The third-order valence-corrected chi connectivity index (χ3v) is 2.06. The third kappa shape index (κ3) is 7.25. The fourth-order valence-electron chi connectivity index (χ4n) is 1.28. The topological polar surface area (TPSA) is 29.1 Å². The van der Waals surface area contributed by atoms with Gasteiger partial charge in [-0.05, 0) is 18.6 Å². The molecular formula is C12H18KNO. The van der Waals surface area contributed by atoms with E-state index in [0.717, 1.165) is 24.9 Å². The molecule has 0 heterocycles. The Morgan fingerprint density at radius 3 is 2.47 bits per heavy atom. The molecule has 1 N–H and O–H groups in total. The average molecular weight is 231 g/mol. The zero-order valence-corrected chi connectivity index (χ0v) is 8.62. The van der Waals surface area contributed by atoms with Gasteiger partial charge >= 0.3 is 51.4 Å². The molecule has 0 aliphatic heterocycles. The Morgan fingerprint density at radius 1 is 1.20 bits per heavy atom. The van der Waals surface area contributed by atoms with Crippen LogP contribution < -0.4 is 5.32 Å². The van der Waals surface area contributed by atoms with Crippen molar-refractivity contribution in [3.05, 3.63) is 30.3 Å². The van der Waals surface area contributed by atoms with Crippen LogP contribution in [0.3, 0.4) is 0 Å². The molecule has 0 bridgehead atoms. The fraction of sp³-hybridized carbons (Fsp3) is 0.417. The molecule has 0 radical (unpaired) electrons.